The first kappa shape index (κ1) is 21.4. The van der Waals surface area contributed by atoms with Gasteiger partial charge in [0.2, 0.25) is 17.4 Å². The predicted octanol–water partition coefficient (Wildman–Crippen LogP) is 4.19. The number of anilines is 1. The summed E-state index contributed by atoms with van der Waals surface area (Å²) in [6, 6.07) is 9.42. The molecule has 170 valence electrons. The van der Waals surface area contributed by atoms with Crippen LogP contribution in [0.5, 0.6) is 0 Å². The number of benzene rings is 1. The number of hydrogen-bond acceptors (Lipinski definition) is 8. The lowest BCUT2D eigenvalue weighted by atomic mass is 9.97. The summed E-state index contributed by atoms with van der Waals surface area (Å²) >= 11 is 6.15. The van der Waals surface area contributed by atoms with Crippen LogP contribution in [-0.4, -0.2) is 57.1 Å². The molecule has 4 heterocycles. The Kier molecular flexibility index (Phi) is 5.28. The molecule has 0 spiro atoms. The third-order valence-electron chi connectivity index (χ3n) is 5.53. The van der Waals surface area contributed by atoms with Gasteiger partial charge in [0.1, 0.15) is 0 Å². The first-order valence-corrected chi connectivity index (χ1v) is 11.1. The maximum absolute atomic E-state index is 13.0. The Balaban J connectivity index is 1.24. The highest BCUT2D eigenvalue weighted by molar-refractivity contribution is 6.34. The predicted molar refractivity (Wildman–Crippen MR) is 123 cm³/mol. The maximum atomic E-state index is 13.0. The average Bonchev–Trinajstić information content (AvgIpc) is 3.47. The van der Waals surface area contributed by atoms with Crippen LogP contribution in [0, 0.1) is 0 Å². The van der Waals surface area contributed by atoms with E-state index in [1.807, 2.05) is 42.7 Å². The fourth-order valence-corrected chi connectivity index (χ4v) is 3.80. The fraction of sp³-hybridized carbons (Fsp3) is 0.348. The molecule has 1 aliphatic rings. The average molecular weight is 467 g/mol. The van der Waals surface area contributed by atoms with Gasteiger partial charge in [-0.25, -0.2) is 4.98 Å². The molecule has 0 saturated carbocycles. The van der Waals surface area contributed by atoms with Crippen molar-refractivity contribution < 1.29 is 13.7 Å². The van der Waals surface area contributed by atoms with E-state index in [9.17, 15) is 4.79 Å². The lowest BCUT2D eigenvalue weighted by Crippen LogP contribution is -2.48. The molecule has 1 aromatic carbocycles. The van der Waals surface area contributed by atoms with Crippen molar-refractivity contribution in [3.8, 4) is 11.4 Å². The molecule has 1 saturated heterocycles. The van der Waals surface area contributed by atoms with Gasteiger partial charge in [0, 0.05) is 48.9 Å². The topological polar surface area (TPSA) is 101 Å². The minimum atomic E-state index is -0.218. The third-order valence-corrected chi connectivity index (χ3v) is 5.83. The van der Waals surface area contributed by atoms with E-state index < -0.39 is 0 Å². The van der Waals surface area contributed by atoms with Crippen LogP contribution in [0.3, 0.4) is 0 Å². The van der Waals surface area contributed by atoms with Crippen molar-refractivity contribution in [1.82, 2.24) is 25.0 Å². The van der Waals surface area contributed by atoms with Crippen molar-refractivity contribution >= 4 is 34.8 Å². The second-order valence-corrected chi connectivity index (χ2v) is 9.38. The number of rotatable bonds is 3. The monoisotopic (exact) mass is 466 g/mol. The zero-order valence-corrected chi connectivity index (χ0v) is 19.3. The lowest BCUT2D eigenvalue weighted by molar-refractivity contribution is 0.0745. The second-order valence-electron chi connectivity index (χ2n) is 8.97. The largest absolute Gasteiger partial charge is 0.420 e. The number of oxazole rings is 1. The van der Waals surface area contributed by atoms with Crippen molar-refractivity contribution in [2.45, 2.75) is 26.2 Å². The molecule has 9 nitrogen and oxygen atoms in total. The normalized spacial score (nSPS) is 14.8. The molecule has 0 bridgehead atoms. The summed E-state index contributed by atoms with van der Waals surface area (Å²) in [5, 5.41) is 4.54. The Hall–Kier alpha value is -3.46. The van der Waals surface area contributed by atoms with E-state index in [4.69, 9.17) is 20.5 Å². The fourth-order valence-electron chi connectivity index (χ4n) is 3.62. The number of carbonyl (C=O) groups excluding carboxylic acids is 1. The summed E-state index contributed by atoms with van der Waals surface area (Å²) in [5.41, 5.74) is 2.16. The molecule has 0 radical (unpaired) electrons. The van der Waals surface area contributed by atoms with Crippen LogP contribution >= 0.6 is 11.6 Å². The van der Waals surface area contributed by atoms with Gasteiger partial charge in [-0.15, -0.1) is 0 Å². The van der Waals surface area contributed by atoms with Crippen LogP contribution < -0.4 is 4.90 Å². The summed E-state index contributed by atoms with van der Waals surface area (Å²) in [4.78, 5) is 29.9. The third kappa shape index (κ3) is 4.16. The number of aromatic nitrogens is 4. The molecule has 4 aromatic rings. The number of piperazine rings is 1. The molecule has 33 heavy (non-hydrogen) atoms. The number of amides is 1. The van der Waals surface area contributed by atoms with Gasteiger partial charge in [-0.2, -0.15) is 9.97 Å². The van der Waals surface area contributed by atoms with Crippen molar-refractivity contribution in [1.29, 1.82) is 0 Å². The Morgan fingerprint density at radius 1 is 1.03 bits per heavy atom. The van der Waals surface area contributed by atoms with Crippen LogP contribution in [-0.2, 0) is 5.41 Å². The van der Waals surface area contributed by atoms with E-state index in [2.05, 4.69) is 20.1 Å². The standard InChI is InChI=1S/C23H23ClN6O3/c1-23(2,3)21-26-18(28-33-21)14-4-6-15(7-5-14)20(31)29-10-12-30(13-11-29)22-27-19-17(32-22)16(24)8-9-25-19/h4-9H,10-13H2,1-3H3. The zero-order chi connectivity index (χ0) is 23.2. The van der Waals surface area contributed by atoms with Gasteiger partial charge < -0.3 is 18.7 Å². The molecular formula is C23H23ClN6O3. The number of carbonyl (C=O) groups is 1. The number of nitrogens with zero attached hydrogens (tertiary/aromatic N) is 6. The molecule has 1 amide bonds. The zero-order valence-electron chi connectivity index (χ0n) is 18.6. The Bertz CT molecular complexity index is 1300. The summed E-state index contributed by atoms with van der Waals surface area (Å²) < 4.78 is 11.2. The van der Waals surface area contributed by atoms with E-state index in [-0.39, 0.29) is 11.3 Å². The molecule has 5 rings (SSSR count). The van der Waals surface area contributed by atoms with E-state index in [1.54, 1.807) is 24.4 Å². The van der Waals surface area contributed by atoms with Crippen LogP contribution in [0.1, 0.15) is 37.0 Å². The minimum Gasteiger partial charge on any atom is -0.420 e. The van der Waals surface area contributed by atoms with Crippen molar-refractivity contribution in [2.24, 2.45) is 0 Å². The SMILES string of the molecule is CC(C)(C)c1nc(-c2ccc(C(=O)N3CCN(c4nc5nccc(Cl)c5o4)CC3)cc2)no1. The molecule has 0 unspecified atom stereocenters. The van der Waals surface area contributed by atoms with E-state index in [1.165, 1.54) is 0 Å². The van der Waals surface area contributed by atoms with E-state index >= 15 is 0 Å². The Labute approximate surface area is 195 Å². The summed E-state index contributed by atoms with van der Waals surface area (Å²) in [6.45, 7) is 8.37. The van der Waals surface area contributed by atoms with Gasteiger partial charge in [-0.1, -0.05) is 49.7 Å². The van der Waals surface area contributed by atoms with Gasteiger partial charge >= 0.3 is 0 Å². The van der Waals surface area contributed by atoms with Gasteiger partial charge in [0.05, 0.1) is 5.02 Å². The highest BCUT2D eigenvalue weighted by Crippen LogP contribution is 2.27. The Morgan fingerprint density at radius 3 is 2.39 bits per heavy atom. The molecule has 1 fully saturated rings. The molecule has 0 atom stereocenters. The quantitative estimate of drug-likeness (QED) is 0.443. The van der Waals surface area contributed by atoms with Crippen LogP contribution in [0.2, 0.25) is 5.02 Å². The van der Waals surface area contributed by atoms with Gasteiger partial charge in [0.25, 0.3) is 11.9 Å². The van der Waals surface area contributed by atoms with Gasteiger partial charge in [-0.05, 0) is 18.2 Å². The first-order chi connectivity index (χ1) is 15.8. The molecule has 10 heteroatoms. The number of fused-ring (bicyclic) bond motifs is 1. The van der Waals surface area contributed by atoms with Crippen LogP contribution in [0.25, 0.3) is 22.6 Å². The van der Waals surface area contributed by atoms with Gasteiger partial charge in [-0.3, -0.25) is 4.79 Å². The van der Waals surface area contributed by atoms with Crippen molar-refractivity contribution in [2.75, 3.05) is 31.1 Å². The van der Waals surface area contributed by atoms with Gasteiger partial charge in [0.15, 0.2) is 5.58 Å². The molecule has 0 aliphatic carbocycles. The molecule has 3 aromatic heterocycles. The summed E-state index contributed by atoms with van der Waals surface area (Å²) in [5.74, 6) is 1.07. The molecule has 0 N–H and O–H groups in total. The minimum absolute atomic E-state index is 0.0213. The first-order valence-electron chi connectivity index (χ1n) is 10.7. The smallest absolute Gasteiger partial charge is 0.300 e. The van der Waals surface area contributed by atoms with E-state index in [0.717, 1.165) is 5.56 Å². The van der Waals surface area contributed by atoms with E-state index in [0.29, 0.717) is 65.7 Å². The maximum Gasteiger partial charge on any atom is 0.300 e. The highest BCUT2D eigenvalue weighted by atomic mass is 35.5. The summed E-state index contributed by atoms with van der Waals surface area (Å²) in [7, 11) is 0. The van der Waals surface area contributed by atoms with Crippen molar-refractivity contribution in [3.05, 3.63) is 53.0 Å². The summed E-state index contributed by atoms with van der Waals surface area (Å²) in [6.07, 6.45) is 1.60. The molecular weight excluding hydrogens is 444 g/mol. The Morgan fingerprint density at radius 2 is 1.76 bits per heavy atom. The molecule has 1 aliphatic heterocycles. The number of hydrogen-bond donors (Lipinski definition) is 0. The van der Waals surface area contributed by atoms with Crippen LogP contribution in [0.4, 0.5) is 6.01 Å². The highest BCUT2D eigenvalue weighted by Gasteiger charge is 2.26. The lowest BCUT2D eigenvalue weighted by Gasteiger charge is -2.33. The second kappa shape index (κ2) is 8.15. The number of halogens is 1. The number of pyridine rings is 1. The van der Waals surface area contributed by atoms with Crippen LogP contribution in [0.15, 0.2) is 45.5 Å². The van der Waals surface area contributed by atoms with Crippen molar-refractivity contribution in [3.63, 3.8) is 0 Å².